The molecule has 0 saturated carbocycles. The van der Waals surface area contributed by atoms with E-state index in [9.17, 15) is 0 Å². The first-order valence-electron chi connectivity index (χ1n) is 5.81. The van der Waals surface area contributed by atoms with E-state index in [1.807, 2.05) is 18.2 Å². The number of benzene rings is 1. The minimum absolute atomic E-state index is 0.712. The summed E-state index contributed by atoms with van der Waals surface area (Å²) in [6.45, 7) is 3.25. The topological polar surface area (TPSA) is 3.24 Å². The molecule has 3 heteroatoms. The number of alkyl halides is 1. The van der Waals surface area contributed by atoms with Crippen molar-refractivity contribution in [2.75, 3.05) is 19.0 Å². The Balaban J connectivity index is 1.89. The van der Waals surface area contributed by atoms with Crippen LogP contribution in [-0.4, -0.2) is 23.9 Å². The maximum absolute atomic E-state index is 6.15. The van der Waals surface area contributed by atoms with E-state index in [0.29, 0.717) is 5.92 Å². The van der Waals surface area contributed by atoms with Crippen molar-refractivity contribution in [1.29, 1.82) is 0 Å². The normalized spacial score (nSPS) is 18.9. The second kappa shape index (κ2) is 5.90. The predicted octanol–water partition coefficient (Wildman–Crippen LogP) is 3.79. The highest BCUT2D eigenvalue weighted by molar-refractivity contribution is 6.31. The summed E-state index contributed by atoms with van der Waals surface area (Å²) in [6, 6.07) is 8.09. The molecule has 1 aromatic carbocycles. The Bertz CT molecular complexity index is 332. The average Bonchev–Trinajstić information content (AvgIpc) is 2.33. The SMILES string of the molecule is ClCC1CCN(Cc2ccccc2Cl)CC1. The number of likely N-dealkylation sites (tertiary alicyclic amines) is 1. The Kier molecular flexibility index (Phi) is 4.51. The van der Waals surface area contributed by atoms with E-state index in [-0.39, 0.29) is 0 Å². The maximum Gasteiger partial charge on any atom is 0.0451 e. The fourth-order valence-electron chi connectivity index (χ4n) is 2.17. The summed E-state index contributed by atoms with van der Waals surface area (Å²) in [5.74, 6) is 1.52. The number of nitrogens with zero attached hydrogens (tertiary/aromatic N) is 1. The highest BCUT2D eigenvalue weighted by Crippen LogP contribution is 2.22. The Morgan fingerprint density at radius 3 is 2.50 bits per heavy atom. The lowest BCUT2D eigenvalue weighted by molar-refractivity contribution is 0.186. The Morgan fingerprint density at radius 2 is 1.88 bits per heavy atom. The van der Waals surface area contributed by atoms with E-state index in [1.165, 1.54) is 18.4 Å². The first-order valence-corrected chi connectivity index (χ1v) is 6.72. The highest BCUT2D eigenvalue weighted by atomic mass is 35.5. The zero-order valence-electron chi connectivity index (χ0n) is 9.33. The van der Waals surface area contributed by atoms with Gasteiger partial charge in [0.2, 0.25) is 0 Å². The molecule has 0 unspecified atom stereocenters. The Labute approximate surface area is 107 Å². The number of hydrogen-bond donors (Lipinski definition) is 0. The molecule has 1 aliphatic heterocycles. The van der Waals surface area contributed by atoms with Gasteiger partial charge in [-0.3, -0.25) is 4.90 Å². The van der Waals surface area contributed by atoms with Crippen LogP contribution in [0.25, 0.3) is 0 Å². The fraction of sp³-hybridized carbons (Fsp3) is 0.538. The molecule has 0 atom stereocenters. The third kappa shape index (κ3) is 3.13. The molecule has 0 N–H and O–H groups in total. The molecular formula is C13H17Cl2N. The second-order valence-corrected chi connectivity index (χ2v) is 5.18. The van der Waals surface area contributed by atoms with E-state index >= 15 is 0 Å². The molecule has 0 radical (unpaired) electrons. The molecule has 2 rings (SSSR count). The van der Waals surface area contributed by atoms with Crippen LogP contribution in [0.3, 0.4) is 0 Å². The van der Waals surface area contributed by atoms with Crippen molar-refractivity contribution >= 4 is 23.2 Å². The lowest BCUT2D eigenvalue weighted by Gasteiger charge is -2.31. The predicted molar refractivity (Wildman–Crippen MR) is 70.2 cm³/mol. The standard InChI is InChI=1S/C13H17Cl2N/c14-9-11-5-7-16(8-6-11)10-12-3-1-2-4-13(12)15/h1-4,11H,5-10H2. The molecule has 1 heterocycles. The van der Waals surface area contributed by atoms with Gasteiger partial charge in [-0.15, -0.1) is 11.6 Å². The summed E-state index contributed by atoms with van der Waals surface area (Å²) in [7, 11) is 0. The lowest BCUT2D eigenvalue weighted by atomic mass is 9.98. The van der Waals surface area contributed by atoms with Gasteiger partial charge >= 0.3 is 0 Å². The van der Waals surface area contributed by atoms with Gasteiger partial charge in [0, 0.05) is 17.4 Å². The number of hydrogen-bond acceptors (Lipinski definition) is 1. The molecule has 0 spiro atoms. The minimum Gasteiger partial charge on any atom is -0.299 e. The summed E-state index contributed by atoms with van der Waals surface area (Å²) < 4.78 is 0. The van der Waals surface area contributed by atoms with Gasteiger partial charge in [0.1, 0.15) is 0 Å². The summed E-state index contributed by atoms with van der Waals surface area (Å²) in [4.78, 5) is 2.46. The smallest absolute Gasteiger partial charge is 0.0451 e. The van der Waals surface area contributed by atoms with Crippen molar-refractivity contribution in [1.82, 2.24) is 4.90 Å². The summed E-state index contributed by atoms with van der Waals surface area (Å²) >= 11 is 12.0. The van der Waals surface area contributed by atoms with Crippen molar-refractivity contribution in [2.45, 2.75) is 19.4 Å². The van der Waals surface area contributed by atoms with Gasteiger partial charge in [0.25, 0.3) is 0 Å². The molecule has 0 aromatic heterocycles. The third-order valence-electron chi connectivity index (χ3n) is 3.28. The van der Waals surface area contributed by atoms with Gasteiger partial charge in [-0.1, -0.05) is 29.8 Å². The van der Waals surface area contributed by atoms with Gasteiger partial charge in [-0.2, -0.15) is 0 Å². The van der Waals surface area contributed by atoms with Crippen LogP contribution in [0.2, 0.25) is 5.02 Å². The number of piperidine rings is 1. The summed E-state index contributed by atoms with van der Waals surface area (Å²) in [5, 5.41) is 0.877. The van der Waals surface area contributed by atoms with Crippen LogP contribution < -0.4 is 0 Å². The fourth-order valence-corrected chi connectivity index (χ4v) is 2.67. The second-order valence-electron chi connectivity index (χ2n) is 4.47. The van der Waals surface area contributed by atoms with Crippen LogP contribution >= 0.6 is 23.2 Å². The van der Waals surface area contributed by atoms with Gasteiger partial charge in [-0.05, 0) is 43.5 Å². The first-order chi connectivity index (χ1) is 7.79. The largest absolute Gasteiger partial charge is 0.299 e. The molecule has 1 aromatic rings. The van der Waals surface area contributed by atoms with Gasteiger partial charge < -0.3 is 0 Å². The molecule has 1 aliphatic rings. The van der Waals surface area contributed by atoms with Gasteiger partial charge in [0.15, 0.2) is 0 Å². The summed E-state index contributed by atoms with van der Waals surface area (Å²) in [6.07, 6.45) is 2.43. The molecule has 1 nitrogen and oxygen atoms in total. The maximum atomic E-state index is 6.15. The van der Waals surface area contributed by atoms with E-state index in [2.05, 4.69) is 11.0 Å². The molecule has 16 heavy (non-hydrogen) atoms. The van der Waals surface area contributed by atoms with E-state index < -0.39 is 0 Å². The number of halogens is 2. The lowest BCUT2D eigenvalue weighted by Crippen LogP contribution is -2.33. The van der Waals surface area contributed by atoms with E-state index in [4.69, 9.17) is 23.2 Å². The van der Waals surface area contributed by atoms with Crippen molar-refractivity contribution in [3.63, 3.8) is 0 Å². The Morgan fingerprint density at radius 1 is 1.19 bits per heavy atom. The minimum atomic E-state index is 0.712. The molecule has 0 amide bonds. The average molecular weight is 258 g/mol. The van der Waals surface area contributed by atoms with Crippen molar-refractivity contribution < 1.29 is 0 Å². The summed E-state index contributed by atoms with van der Waals surface area (Å²) in [5.41, 5.74) is 1.23. The van der Waals surface area contributed by atoms with Crippen molar-refractivity contribution in [3.05, 3.63) is 34.9 Å². The quantitative estimate of drug-likeness (QED) is 0.745. The Hall–Kier alpha value is -0.240. The van der Waals surface area contributed by atoms with Crippen LogP contribution in [0.4, 0.5) is 0 Å². The van der Waals surface area contributed by atoms with E-state index in [0.717, 1.165) is 30.5 Å². The van der Waals surface area contributed by atoms with Gasteiger partial charge in [0.05, 0.1) is 0 Å². The van der Waals surface area contributed by atoms with Crippen LogP contribution in [0.15, 0.2) is 24.3 Å². The molecule has 0 aliphatic carbocycles. The highest BCUT2D eigenvalue weighted by Gasteiger charge is 2.18. The third-order valence-corrected chi connectivity index (χ3v) is 4.08. The first kappa shape index (κ1) is 12.2. The molecular weight excluding hydrogens is 241 g/mol. The molecule has 88 valence electrons. The van der Waals surface area contributed by atoms with Gasteiger partial charge in [-0.25, -0.2) is 0 Å². The van der Waals surface area contributed by atoms with Crippen LogP contribution in [0, 0.1) is 5.92 Å². The van der Waals surface area contributed by atoms with Crippen LogP contribution in [0.1, 0.15) is 18.4 Å². The van der Waals surface area contributed by atoms with Crippen LogP contribution in [0.5, 0.6) is 0 Å². The molecule has 1 saturated heterocycles. The zero-order chi connectivity index (χ0) is 11.4. The molecule has 0 bridgehead atoms. The van der Waals surface area contributed by atoms with Crippen LogP contribution in [-0.2, 0) is 6.54 Å². The van der Waals surface area contributed by atoms with Crippen molar-refractivity contribution in [2.24, 2.45) is 5.92 Å². The van der Waals surface area contributed by atoms with E-state index in [1.54, 1.807) is 0 Å². The zero-order valence-corrected chi connectivity index (χ0v) is 10.8. The monoisotopic (exact) mass is 257 g/mol. The molecule has 1 fully saturated rings. The van der Waals surface area contributed by atoms with Crippen molar-refractivity contribution in [3.8, 4) is 0 Å². The number of rotatable bonds is 3.